The van der Waals surface area contributed by atoms with Crippen LogP contribution in [0, 0.1) is 5.92 Å². The Kier molecular flexibility index (Phi) is 12.9. The van der Waals surface area contributed by atoms with Gasteiger partial charge in [-0.05, 0) is 46.9 Å². The molecule has 3 rings (SSSR count). The number of amides is 3. The number of methoxy groups -OCH3 is 1. The number of hydrogen-bond donors (Lipinski definition) is 3. The van der Waals surface area contributed by atoms with Gasteiger partial charge in [-0.3, -0.25) is 19.2 Å². The van der Waals surface area contributed by atoms with Gasteiger partial charge in [-0.15, -0.1) is 0 Å². The Morgan fingerprint density at radius 3 is 1.94 bits per heavy atom. The Hall–Kier alpha value is -4.23. The Balaban J connectivity index is 1.92. The second kappa shape index (κ2) is 16.2. The number of alkyl halides is 5. The Labute approximate surface area is 283 Å². The first-order valence-corrected chi connectivity index (χ1v) is 15.2. The van der Waals surface area contributed by atoms with E-state index in [1.165, 1.54) is 45.2 Å². The van der Waals surface area contributed by atoms with E-state index < -0.39 is 66.1 Å². The third kappa shape index (κ3) is 10.1. The van der Waals surface area contributed by atoms with Gasteiger partial charge in [0.25, 0.3) is 5.91 Å². The molecule has 1 unspecified atom stereocenters. The molecule has 0 bridgehead atoms. The summed E-state index contributed by atoms with van der Waals surface area (Å²) >= 11 is 12.3. The van der Waals surface area contributed by atoms with Gasteiger partial charge >= 0.3 is 12.1 Å². The molecule has 3 N–H and O–H groups in total. The lowest BCUT2D eigenvalue weighted by Gasteiger charge is -2.28. The zero-order valence-electron chi connectivity index (χ0n) is 25.8. The lowest BCUT2D eigenvalue weighted by atomic mass is 9.88. The van der Waals surface area contributed by atoms with Crippen LogP contribution in [0.3, 0.4) is 0 Å². The molecule has 0 radical (unpaired) electrons. The van der Waals surface area contributed by atoms with Crippen molar-refractivity contribution >= 4 is 46.7 Å². The number of hydrogen-bond acceptors (Lipinski definition) is 5. The number of carbonyl (C=O) groups excluding carboxylic acids is 4. The minimum atomic E-state index is -5.01. The molecule has 3 atom stereocenters. The van der Waals surface area contributed by atoms with Crippen molar-refractivity contribution < 1.29 is 45.9 Å². The first-order chi connectivity index (χ1) is 22.4. The lowest BCUT2D eigenvalue weighted by molar-refractivity contribution is -0.165. The second-order valence-corrected chi connectivity index (χ2v) is 11.9. The monoisotopic (exact) mass is 715 g/mol. The number of rotatable bonds is 14. The summed E-state index contributed by atoms with van der Waals surface area (Å²) in [6.07, 6.45) is -5.23. The number of halogens is 7. The molecule has 0 aromatic heterocycles. The van der Waals surface area contributed by atoms with E-state index in [1.807, 2.05) is 0 Å². The zero-order valence-corrected chi connectivity index (χ0v) is 27.4. The molecule has 0 spiro atoms. The molecule has 0 heterocycles. The highest BCUT2D eigenvalue weighted by molar-refractivity contribution is 6.42. The molecule has 0 saturated carbocycles. The lowest BCUT2D eigenvalue weighted by Crippen LogP contribution is -2.58. The van der Waals surface area contributed by atoms with Gasteiger partial charge in [0.2, 0.25) is 17.6 Å². The van der Waals surface area contributed by atoms with Crippen LogP contribution in [-0.2, 0) is 19.2 Å². The van der Waals surface area contributed by atoms with E-state index in [-0.39, 0.29) is 17.0 Å². The van der Waals surface area contributed by atoms with Crippen molar-refractivity contribution in [2.75, 3.05) is 13.7 Å². The summed E-state index contributed by atoms with van der Waals surface area (Å²) in [6.45, 7) is 0.482. The van der Waals surface area contributed by atoms with Gasteiger partial charge in [0.15, 0.2) is 0 Å². The van der Waals surface area contributed by atoms with Crippen LogP contribution in [0.5, 0.6) is 5.75 Å². The van der Waals surface area contributed by atoms with Gasteiger partial charge in [-0.1, -0.05) is 85.6 Å². The first kappa shape index (κ1) is 38.2. The van der Waals surface area contributed by atoms with Gasteiger partial charge in [0.05, 0.1) is 23.2 Å². The number of ketones is 1. The smallest absolute Gasteiger partial charge is 0.405 e. The van der Waals surface area contributed by atoms with E-state index in [0.29, 0.717) is 16.3 Å². The fourth-order valence-electron chi connectivity index (χ4n) is 4.71. The molecule has 258 valence electrons. The third-order valence-corrected chi connectivity index (χ3v) is 7.98. The molecule has 15 heteroatoms. The number of benzene rings is 3. The Morgan fingerprint density at radius 1 is 0.792 bits per heavy atom. The average molecular weight is 717 g/mol. The van der Waals surface area contributed by atoms with Crippen LogP contribution in [0.1, 0.15) is 48.9 Å². The number of carbonyl (C=O) groups is 4. The summed E-state index contributed by atoms with van der Waals surface area (Å²) in [4.78, 5) is 52.1. The molecule has 3 aromatic carbocycles. The highest BCUT2D eigenvalue weighted by Gasteiger charge is 2.52. The van der Waals surface area contributed by atoms with Gasteiger partial charge in [-0.2, -0.15) is 22.0 Å². The standard InChI is InChI=1S/C33H32Cl2F5N3O5/c1-18(2)27(29(45)33(39,40)31(47)41-17-32(36,37)38)43-30(46)28(20-9-12-22(48-3)13-10-20)42-26(44)16-23(19-7-5-4-6-8-19)21-11-14-24(34)25(35)15-21/h4-15,18,23,27-28H,16-17H2,1-3H3,(H,41,47)(H,42,44)(H,43,46)/t23?,27-,28-/m0/s1. The second-order valence-electron chi connectivity index (χ2n) is 11.1. The highest BCUT2D eigenvalue weighted by Crippen LogP contribution is 2.33. The van der Waals surface area contributed by atoms with E-state index >= 15 is 0 Å². The minimum Gasteiger partial charge on any atom is -0.497 e. The molecular weight excluding hydrogens is 684 g/mol. The van der Waals surface area contributed by atoms with E-state index in [0.717, 1.165) is 10.9 Å². The molecule has 8 nitrogen and oxygen atoms in total. The summed E-state index contributed by atoms with van der Waals surface area (Å²) in [5.41, 5.74) is 1.54. The maximum Gasteiger partial charge on any atom is 0.405 e. The summed E-state index contributed by atoms with van der Waals surface area (Å²) in [6, 6.07) is 16.0. The molecule has 3 amide bonds. The normalized spacial score (nSPS) is 13.6. The fraction of sp³-hybridized carbons (Fsp3) is 0.333. The summed E-state index contributed by atoms with van der Waals surface area (Å²) in [5, 5.41) is 6.30. The SMILES string of the molecule is COc1ccc([C@H](NC(=O)CC(c2ccccc2)c2ccc(Cl)c(Cl)c2)C(=O)N[C@H](C(=O)C(F)(F)C(=O)NCC(F)(F)F)C(C)C)cc1. The molecule has 0 saturated heterocycles. The van der Waals surface area contributed by atoms with Crippen LogP contribution in [0.25, 0.3) is 0 Å². The number of ether oxygens (including phenoxy) is 1. The van der Waals surface area contributed by atoms with Crippen LogP contribution in [0.15, 0.2) is 72.8 Å². The van der Waals surface area contributed by atoms with Crippen LogP contribution < -0.4 is 20.7 Å². The van der Waals surface area contributed by atoms with Gasteiger partial charge in [-0.25, -0.2) is 0 Å². The molecule has 0 aliphatic carbocycles. The number of nitrogens with one attached hydrogen (secondary N) is 3. The first-order valence-electron chi connectivity index (χ1n) is 14.4. The van der Waals surface area contributed by atoms with Crippen molar-refractivity contribution in [2.45, 2.75) is 50.4 Å². The Morgan fingerprint density at radius 2 is 1.40 bits per heavy atom. The quantitative estimate of drug-likeness (QED) is 0.132. The van der Waals surface area contributed by atoms with Crippen LogP contribution in [0.4, 0.5) is 22.0 Å². The van der Waals surface area contributed by atoms with Crippen molar-refractivity contribution in [3.8, 4) is 5.75 Å². The molecule has 0 aliphatic heterocycles. The van der Waals surface area contributed by atoms with Crippen LogP contribution >= 0.6 is 23.2 Å². The topological polar surface area (TPSA) is 114 Å². The summed E-state index contributed by atoms with van der Waals surface area (Å²) < 4.78 is 72.3. The van der Waals surface area contributed by atoms with Crippen LogP contribution in [0.2, 0.25) is 10.0 Å². The van der Waals surface area contributed by atoms with E-state index in [4.69, 9.17) is 27.9 Å². The third-order valence-electron chi connectivity index (χ3n) is 7.25. The van der Waals surface area contributed by atoms with Crippen molar-refractivity contribution in [3.63, 3.8) is 0 Å². The van der Waals surface area contributed by atoms with E-state index in [9.17, 15) is 41.1 Å². The van der Waals surface area contributed by atoms with E-state index in [1.54, 1.807) is 48.5 Å². The summed E-state index contributed by atoms with van der Waals surface area (Å²) in [5.74, 6) is -12.5. The van der Waals surface area contributed by atoms with Crippen molar-refractivity contribution in [1.29, 1.82) is 0 Å². The van der Waals surface area contributed by atoms with Crippen molar-refractivity contribution in [2.24, 2.45) is 5.92 Å². The van der Waals surface area contributed by atoms with Crippen molar-refractivity contribution in [1.82, 2.24) is 16.0 Å². The zero-order chi connectivity index (χ0) is 35.8. The maximum atomic E-state index is 14.8. The van der Waals surface area contributed by atoms with E-state index in [2.05, 4.69) is 10.6 Å². The maximum absolute atomic E-state index is 14.8. The predicted octanol–water partition coefficient (Wildman–Crippen LogP) is 6.41. The predicted molar refractivity (Wildman–Crippen MR) is 169 cm³/mol. The highest BCUT2D eigenvalue weighted by atomic mass is 35.5. The molecule has 0 aliphatic rings. The fourth-order valence-corrected chi connectivity index (χ4v) is 5.02. The largest absolute Gasteiger partial charge is 0.497 e. The Bertz CT molecular complexity index is 1610. The summed E-state index contributed by atoms with van der Waals surface area (Å²) in [7, 11) is 1.40. The number of Topliss-reactive ketones (excluding diaryl/α,β-unsaturated/α-hetero) is 1. The van der Waals surface area contributed by atoms with Crippen molar-refractivity contribution in [3.05, 3.63) is 99.5 Å². The van der Waals surface area contributed by atoms with Gasteiger partial charge < -0.3 is 20.7 Å². The molecule has 48 heavy (non-hydrogen) atoms. The van der Waals surface area contributed by atoms with Gasteiger partial charge in [0, 0.05) is 12.3 Å². The minimum absolute atomic E-state index is 0.178. The molecule has 3 aromatic rings. The van der Waals surface area contributed by atoms with Gasteiger partial charge in [0.1, 0.15) is 18.3 Å². The van der Waals surface area contributed by atoms with Crippen LogP contribution in [-0.4, -0.2) is 55.3 Å². The average Bonchev–Trinajstić information content (AvgIpc) is 3.04. The molecule has 0 fully saturated rings. The molecular formula is C33H32Cl2F5N3O5.